The van der Waals surface area contributed by atoms with Gasteiger partial charge in [0.05, 0.1) is 16.7 Å². The van der Waals surface area contributed by atoms with Gasteiger partial charge in [-0.15, -0.1) is 0 Å². The zero-order valence-electron chi connectivity index (χ0n) is 12.5. The van der Waals surface area contributed by atoms with Gasteiger partial charge >= 0.3 is 0 Å². The summed E-state index contributed by atoms with van der Waals surface area (Å²) in [4.78, 5) is 10.4. The van der Waals surface area contributed by atoms with Crippen molar-refractivity contribution in [2.24, 2.45) is 5.10 Å². The molecule has 1 heterocycles. The first-order valence-corrected chi connectivity index (χ1v) is 7.90. The van der Waals surface area contributed by atoms with Crippen LogP contribution in [-0.2, 0) is 4.74 Å². The van der Waals surface area contributed by atoms with Crippen molar-refractivity contribution in [1.29, 1.82) is 0 Å². The highest BCUT2D eigenvalue weighted by atomic mass is 35.5. The second-order valence-electron chi connectivity index (χ2n) is 5.08. The third-order valence-corrected chi connectivity index (χ3v) is 3.96. The molecule has 1 aromatic rings. The lowest BCUT2D eigenvalue weighted by atomic mass is 10.1. The minimum absolute atomic E-state index is 0.0910. The van der Waals surface area contributed by atoms with E-state index in [-0.39, 0.29) is 16.8 Å². The number of nitrogens with one attached hydrogen (secondary N) is 2. The van der Waals surface area contributed by atoms with E-state index in [0.717, 1.165) is 19.4 Å². The molecule has 0 spiro atoms. The molecule has 0 bridgehead atoms. The average molecular weight is 357 g/mol. The zero-order chi connectivity index (χ0) is 16.8. The molecule has 0 radical (unpaired) electrons. The number of nitrogens with zero attached hydrogens (tertiary/aromatic N) is 2. The summed E-state index contributed by atoms with van der Waals surface area (Å²) in [7, 11) is 0. The first kappa shape index (κ1) is 17.6. The summed E-state index contributed by atoms with van der Waals surface area (Å²) in [5.41, 5.74) is 3.72. The maximum Gasteiger partial charge on any atom is 0.288 e. The van der Waals surface area contributed by atoms with Gasteiger partial charge in [-0.1, -0.05) is 17.7 Å². The second-order valence-corrected chi connectivity index (χ2v) is 5.89. The largest absolute Gasteiger partial charge is 0.376 e. The number of ether oxygens (including phenoxy) is 1. The highest BCUT2D eigenvalue weighted by molar-refractivity contribution is 7.80. The normalized spacial score (nSPS) is 17.8. The standard InChI is InChI=1S/C14H17ClN4O3S/c1-9(10-4-5-12(15)13(7-10)19(20)21)17-18-14(23)16-8-11-3-2-6-22-11/h4-5,7,11H,2-3,6,8H2,1H3,(H2,16,18,23)/b17-9-/t11-/m0/s1. The van der Waals surface area contributed by atoms with Crippen molar-refractivity contribution in [2.75, 3.05) is 13.2 Å². The summed E-state index contributed by atoms with van der Waals surface area (Å²) >= 11 is 10.9. The molecule has 0 saturated carbocycles. The van der Waals surface area contributed by atoms with Crippen LogP contribution in [0.2, 0.25) is 5.02 Å². The Morgan fingerprint density at radius 3 is 3.04 bits per heavy atom. The summed E-state index contributed by atoms with van der Waals surface area (Å²) in [6.45, 7) is 3.15. The third kappa shape index (κ3) is 5.12. The summed E-state index contributed by atoms with van der Waals surface area (Å²) < 4.78 is 5.48. The number of hydrazone groups is 1. The Kier molecular flexibility index (Phi) is 6.26. The molecule has 1 fully saturated rings. The molecular weight excluding hydrogens is 340 g/mol. The SMILES string of the molecule is C/C(=N/NC(=S)NC[C@@H]1CCCO1)c1ccc(Cl)c([N+](=O)[O-])c1. The molecule has 124 valence electrons. The van der Waals surface area contributed by atoms with Crippen molar-refractivity contribution >= 4 is 40.3 Å². The number of rotatable bonds is 5. The van der Waals surface area contributed by atoms with Crippen LogP contribution < -0.4 is 10.7 Å². The molecule has 0 aromatic heterocycles. The van der Waals surface area contributed by atoms with Crippen LogP contribution in [0.4, 0.5) is 5.69 Å². The lowest BCUT2D eigenvalue weighted by Gasteiger charge is -2.12. The fraction of sp³-hybridized carbons (Fsp3) is 0.429. The van der Waals surface area contributed by atoms with E-state index in [1.807, 2.05) is 0 Å². The van der Waals surface area contributed by atoms with Crippen LogP contribution in [0.1, 0.15) is 25.3 Å². The molecule has 1 aromatic carbocycles. The van der Waals surface area contributed by atoms with Gasteiger partial charge in [0.25, 0.3) is 5.69 Å². The monoisotopic (exact) mass is 356 g/mol. The summed E-state index contributed by atoms with van der Waals surface area (Å²) in [6.07, 6.45) is 2.27. The Morgan fingerprint density at radius 1 is 1.61 bits per heavy atom. The van der Waals surface area contributed by atoms with Crippen molar-refractivity contribution in [3.8, 4) is 0 Å². The van der Waals surface area contributed by atoms with Gasteiger partial charge in [0, 0.05) is 24.8 Å². The molecule has 23 heavy (non-hydrogen) atoms. The maximum atomic E-state index is 10.9. The first-order chi connectivity index (χ1) is 11.0. The van der Waals surface area contributed by atoms with Crippen LogP contribution in [0, 0.1) is 10.1 Å². The van der Waals surface area contributed by atoms with E-state index < -0.39 is 4.92 Å². The fourth-order valence-electron chi connectivity index (χ4n) is 2.13. The molecule has 0 amide bonds. The van der Waals surface area contributed by atoms with Gasteiger partial charge in [0.1, 0.15) is 5.02 Å². The highest BCUT2D eigenvalue weighted by Crippen LogP contribution is 2.25. The molecule has 1 saturated heterocycles. The predicted molar refractivity (Wildman–Crippen MR) is 93.0 cm³/mol. The first-order valence-electron chi connectivity index (χ1n) is 7.11. The summed E-state index contributed by atoms with van der Waals surface area (Å²) in [5, 5.41) is 18.5. The molecule has 1 atom stereocenters. The van der Waals surface area contributed by atoms with Crippen molar-refractivity contribution in [1.82, 2.24) is 10.7 Å². The average Bonchev–Trinajstić information content (AvgIpc) is 3.04. The van der Waals surface area contributed by atoms with Gasteiger partial charge < -0.3 is 10.1 Å². The number of nitro groups is 1. The van der Waals surface area contributed by atoms with Crippen molar-refractivity contribution < 1.29 is 9.66 Å². The predicted octanol–water partition coefficient (Wildman–Crippen LogP) is 2.62. The molecule has 1 aliphatic heterocycles. The summed E-state index contributed by atoms with van der Waals surface area (Å²) in [6, 6.07) is 4.52. The number of benzene rings is 1. The van der Waals surface area contributed by atoms with Crippen LogP contribution in [0.25, 0.3) is 0 Å². The number of halogens is 1. The minimum atomic E-state index is -0.527. The van der Waals surface area contributed by atoms with Crippen molar-refractivity contribution in [3.05, 3.63) is 38.9 Å². The van der Waals surface area contributed by atoms with Gasteiger partial charge in [-0.3, -0.25) is 15.5 Å². The molecule has 1 aliphatic rings. The molecular formula is C14H17ClN4O3S. The smallest absolute Gasteiger partial charge is 0.288 e. The second kappa shape index (κ2) is 8.19. The van der Waals surface area contributed by atoms with Gasteiger partial charge in [0.2, 0.25) is 0 Å². The van der Waals surface area contributed by atoms with E-state index in [4.69, 9.17) is 28.6 Å². The zero-order valence-corrected chi connectivity index (χ0v) is 14.1. The Bertz CT molecular complexity index is 632. The van der Waals surface area contributed by atoms with E-state index in [1.165, 1.54) is 12.1 Å². The number of nitro benzene ring substituents is 1. The minimum Gasteiger partial charge on any atom is -0.376 e. The van der Waals surface area contributed by atoms with Crippen LogP contribution in [0.5, 0.6) is 0 Å². The van der Waals surface area contributed by atoms with Crippen LogP contribution in [-0.4, -0.2) is 35.0 Å². The lowest BCUT2D eigenvalue weighted by molar-refractivity contribution is -0.384. The number of hydrogen-bond donors (Lipinski definition) is 2. The highest BCUT2D eigenvalue weighted by Gasteiger charge is 2.15. The Morgan fingerprint density at radius 2 is 2.39 bits per heavy atom. The lowest BCUT2D eigenvalue weighted by Crippen LogP contribution is -2.37. The van der Waals surface area contributed by atoms with E-state index >= 15 is 0 Å². The number of thiocarbonyl (C=S) groups is 1. The third-order valence-electron chi connectivity index (χ3n) is 3.40. The quantitative estimate of drug-likeness (QED) is 0.365. The van der Waals surface area contributed by atoms with Gasteiger partial charge in [-0.05, 0) is 38.0 Å². The van der Waals surface area contributed by atoms with Crippen molar-refractivity contribution in [2.45, 2.75) is 25.9 Å². The van der Waals surface area contributed by atoms with Crippen LogP contribution >= 0.6 is 23.8 Å². The van der Waals surface area contributed by atoms with Gasteiger partial charge in [0.15, 0.2) is 5.11 Å². The van der Waals surface area contributed by atoms with E-state index in [0.29, 0.717) is 22.9 Å². The Balaban J connectivity index is 1.92. The molecule has 2 rings (SSSR count). The van der Waals surface area contributed by atoms with E-state index in [9.17, 15) is 10.1 Å². The number of hydrogen-bond acceptors (Lipinski definition) is 5. The molecule has 0 unspecified atom stereocenters. The molecule has 9 heteroatoms. The van der Waals surface area contributed by atoms with Crippen LogP contribution in [0.3, 0.4) is 0 Å². The molecule has 2 N–H and O–H groups in total. The van der Waals surface area contributed by atoms with Crippen molar-refractivity contribution in [3.63, 3.8) is 0 Å². The molecule has 0 aliphatic carbocycles. The Labute approximate surface area is 144 Å². The Hall–Kier alpha value is -1.77. The van der Waals surface area contributed by atoms with E-state index in [1.54, 1.807) is 13.0 Å². The maximum absolute atomic E-state index is 10.9. The molecule has 7 nitrogen and oxygen atoms in total. The topological polar surface area (TPSA) is 88.8 Å². The van der Waals surface area contributed by atoms with Crippen LogP contribution in [0.15, 0.2) is 23.3 Å². The van der Waals surface area contributed by atoms with Gasteiger partial charge in [-0.2, -0.15) is 5.10 Å². The fourth-order valence-corrected chi connectivity index (χ4v) is 2.44. The van der Waals surface area contributed by atoms with Gasteiger partial charge in [-0.25, -0.2) is 0 Å². The summed E-state index contributed by atoms with van der Waals surface area (Å²) in [5.74, 6) is 0. The van der Waals surface area contributed by atoms with E-state index in [2.05, 4.69) is 15.8 Å².